The molecule has 0 fully saturated rings. The first-order chi connectivity index (χ1) is 9.24. The lowest BCUT2D eigenvalue weighted by Crippen LogP contribution is -3.10. The van der Waals surface area contributed by atoms with Gasteiger partial charge in [-0.3, -0.25) is 4.79 Å². The highest BCUT2D eigenvalue weighted by Gasteiger charge is 2.10. The van der Waals surface area contributed by atoms with Crippen LogP contribution in [0.2, 0.25) is 0 Å². The minimum Gasteiger partial charge on any atom is -0.328 e. The van der Waals surface area contributed by atoms with Gasteiger partial charge < -0.3 is 9.88 Å². The number of aromatic amines is 1. The van der Waals surface area contributed by atoms with E-state index >= 15 is 0 Å². The van der Waals surface area contributed by atoms with Crippen LogP contribution >= 0.6 is 0 Å². The van der Waals surface area contributed by atoms with Crippen molar-refractivity contribution in [1.29, 1.82) is 5.26 Å². The van der Waals surface area contributed by atoms with E-state index < -0.39 is 0 Å². The summed E-state index contributed by atoms with van der Waals surface area (Å²) in [5, 5.41) is 9.24. The van der Waals surface area contributed by atoms with Crippen molar-refractivity contribution in [2.24, 2.45) is 0 Å². The predicted octanol–water partition coefficient (Wildman–Crippen LogP) is 0.242. The number of benzene rings is 1. The number of fused-ring (bicyclic) bond motifs is 1. The fraction of sp³-hybridized carbons (Fsp3) is 0.357. The van der Waals surface area contributed by atoms with Gasteiger partial charge in [-0.25, -0.2) is 4.98 Å². The molecule has 0 bridgehead atoms. The minimum atomic E-state index is -0.101. The summed E-state index contributed by atoms with van der Waals surface area (Å²) in [5.41, 5.74) is 0.619. The number of nitriles is 1. The van der Waals surface area contributed by atoms with Crippen LogP contribution in [0.25, 0.3) is 10.9 Å². The largest absolute Gasteiger partial charge is 0.328 e. The third kappa shape index (κ3) is 3.18. The summed E-state index contributed by atoms with van der Waals surface area (Å²) in [5.74, 6) is 0.679. The number of para-hydroxylation sites is 1. The maximum Gasteiger partial charge on any atom is 0.258 e. The van der Waals surface area contributed by atoms with Gasteiger partial charge in [-0.05, 0) is 19.1 Å². The first-order valence-corrected chi connectivity index (χ1v) is 6.43. The van der Waals surface area contributed by atoms with Gasteiger partial charge in [-0.15, -0.1) is 0 Å². The van der Waals surface area contributed by atoms with Crippen molar-refractivity contribution in [3.8, 4) is 6.07 Å². The van der Waals surface area contributed by atoms with E-state index in [1.165, 1.54) is 4.90 Å². The number of hydrogen-bond acceptors (Lipinski definition) is 3. The first kappa shape index (κ1) is 13.2. The van der Waals surface area contributed by atoms with Crippen molar-refractivity contribution in [2.75, 3.05) is 13.1 Å². The van der Waals surface area contributed by atoms with Gasteiger partial charge in [-0.2, -0.15) is 5.26 Å². The third-order valence-electron chi connectivity index (χ3n) is 3.17. The van der Waals surface area contributed by atoms with Gasteiger partial charge in [0.2, 0.25) is 0 Å². The average molecular weight is 257 g/mol. The zero-order valence-electron chi connectivity index (χ0n) is 10.9. The van der Waals surface area contributed by atoms with Crippen molar-refractivity contribution in [3.63, 3.8) is 0 Å². The fourth-order valence-corrected chi connectivity index (χ4v) is 2.08. The molecule has 0 amide bonds. The molecule has 19 heavy (non-hydrogen) atoms. The molecule has 5 nitrogen and oxygen atoms in total. The maximum absolute atomic E-state index is 11.9. The molecule has 5 heteroatoms. The lowest BCUT2D eigenvalue weighted by atomic mass is 10.2. The van der Waals surface area contributed by atoms with Crippen LogP contribution in [0, 0.1) is 11.3 Å². The Bertz CT molecular complexity index is 656. The van der Waals surface area contributed by atoms with Crippen LogP contribution in [0.3, 0.4) is 0 Å². The number of nitrogens with one attached hydrogen (secondary N) is 2. The van der Waals surface area contributed by atoms with E-state index in [4.69, 9.17) is 5.26 Å². The normalized spacial score (nSPS) is 12.2. The van der Waals surface area contributed by atoms with Gasteiger partial charge in [0.15, 0.2) is 5.82 Å². The van der Waals surface area contributed by atoms with E-state index in [0.29, 0.717) is 24.2 Å². The maximum atomic E-state index is 11.9. The highest BCUT2D eigenvalue weighted by molar-refractivity contribution is 5.77. The van der Waals surface area contributed by atoms with E-state index in [0.717, 1.165) is 18.6 Å². The van der Waals surface area contributed by atoms with Gasteiger partial charge in [0, 0.05) is 0 Å². The molecule has 0 spiro atoms. The van der Waals surface area contributed by atoms with E-state index in [1.54, 1.807) is 6.07 Å². The van der Waals surface area contributed by atoms with Crippen molar-refractivity contribution >= 4 is 10.9 Å². The summed E-state index contributed by atoms with van der Waals surface area (Å²) >= 11 is 0. The van der Waals surface area contributed by atoms with Crippen LogP contribution in [-0.4, -0.2) is 23.1 Å². The van der Waals surface area contributed by atoms with Crippen LogP contribution in [0.1, 0.15) is 19.2 Å². The summed E-state index contributed by atoms with van der Waals surface area (Å²) in [6, 6.07) is 9.46. The summed E-state index contributed by atoms with van der Waals surface area (Å²) in [4.78, 5) is 20.5. The number of aromatic nitrogens is 2. The molecule has 1 atom stereocenters. The number of rotatable bonds is 5. The zero-order chi connectivity index (χ0) is 13.7. The molecule has 0 aliphatic heterocycles. The SMILES string of the molecule is CC[NH+](CCC#N)Cc1nc2ccccc2c(=O)[nH]1. The van der Waals surface area contributed by atoms with Crippen molar-refractivity contribution < 1.29 is 4.90 Å². The Hall–Kier alpha value is -2.19. The van der Waals surface area contributed by atoms with Crippen molar-refractivity contribution in [2.45, 2.75) is 19.9 Å². The molecule has 1 heterocycles. The third-order valence-corrected chi connectivity index (χ3v) is 3.17. The molecule has 0 radical (unpaired) electrons. The molecule has 0 saturated heterocycles. The Morgan fingerprint density at radius 1 is 1.42 bits per heavy atom. The summed E-state index contributed by atoms with van der Waals surface area (Å²) in [6.45, 7) is 4.37. The molecule has 2 aromatic rings. The van der Waals surface area contributed by atoms with Gasteiger partial charge >= 0.3 is 0 Å². The molecule has 0 saturated carbocycles. The standard InChI is InChI=1S/C14H16N4O/c1-2-18(9-5-8-15)10-13-16-12-7-4-3-6-11(12)14(19)17-13/h3-4,6-7H,2,5,9-10H2,1H3,(H,16,17,19)/p+1. The smallest absolute Gasteiger partial charge is 0.258 e. The highest BCUT2D eigenvalue weighted by Crippen LogP contribution is 2.04. The Balaban J connectivity index is 2.26. The zero-order valence-corrected chi connectivity index (χ0v) is 10.9. The number of H-pyrrole nitrogens is 1. The Morgan fingerprint density at radius 2 is 2.21 bits per heavy atom. The lowest BCUT2D eigenvalue weighted by molar-refractivity contribution is -0.912. The van der Waals surface area contributed by atoms with Gasteiger partial charge in [-0.1, -0.05) is 12.1 Å². The van der Waals surface area contributed by atoms with Crippen molar-refractivity contribution in [3.05, 3.63) is 40.4 Å². The molecular weight excluding hydrogens is 240 g/mol. The number of nitrogens with zero attached hydrogens (tertiary/aromatic N) is 2. The second-order valence-electron chi connectivity index (χ2n) is 4.47. The topological polar surface area (TPSA) is 74.0 Å². The molecule has 0 aliphatic rings. The Kier molecular flexibility index (Phi) is 4.26. The highest BCUT2D eigenvalue weighted by atomic mass is 16.1. The van der Waals surface area contributed by atoms with Gasteiger partial charge in [0.1, 0.15) is 6.54 Å². The Morgan fingerprint density at radius 3 is 2.95 bits per heavy atom. The summed E-state index contributed by atoms with van der Waals surface area (Å²) in [6.07, 6.45) is 0.515. The van der Waals surface area contributed by atoms with Crippen LogP contribution in [0.5, 0.6) is 0 Å². The minimum absolute atomic E-state index is 0.101. The molecule has 2 N–H and O–H groups in total. The van der Waals surface area contributed by atoms with E-state index in [2.05, 4.69) is 23.0 Å². The Labute approximate surface area is 111 Å². The van der Waals surface area contributed by atoms with E-state index in [-0.39, 0.29) is 5.56 Å². The molecule has 2 rings (SSSR count). The summed E-state index contributed by atoms with van der Waals surface area (Å²) in [7, 11) is 0. The van der Waals surface area contributed by atoms with Crippen LogP contribution in [-0.2, 0) is 6.54 Å². The van der Waals surface area contributed by atoms with Crippen LogP contribution < -0.4 is 10.5 Å². The van der Waals surface area contributed by atoms with Crippen LogP contribution in [0.15, 0.2) is 29.1 Å². The van der Waals surface area contributed by atoms with E-state index in [9.17, 15) is 4.79 Å². The molecular formula is C14H17N4O+. The lowest BCUT2D eigenvalue weighted by Gasteiger charge is -2.15. The fourth-order valence-electron chi connectivity index (χ4n) is 2.08. The quantitative estimate of drug-likeness (QED) is 0.806. The molecule has 1 aromatic heterocycles. The predicted molar refractivity (Wildman–Crippen MR) is 72.7 cm³/mol. The molecule has 98 valence electrons. The first-order valence-electron chi connectivity index (χ1n) is 6.43. The van der Waals surface area contributed by atoms with Gasteiger partial charge in [0.05, 0.1) is 36.5 Å². The average Bonchev–Trinajstić information content (AvgIpc) is 2.43. The second kappa shape index (κ2) is 6.12. The molecule has 1 unspecified atom stereocenters. The molecule has 1 aromatic carbocycles. The van der Waals surface area contributed by atoms with Crippen molar-refractivity contribution in [1.82, 2.24) is 9.97 Å². The van der Waals surface area contributed by atoms with Gasteiger partial charge in [0.25, 0.3) is 5.56 Å². The van der Waals surface area contributed by atoms with Crippen LogP contribution in [0.4, 0.5) is 0 Å². The second-order valence-corrected chi connectivity index (χ2v) is 4.47. The number of quaternary nitrogens is 1. The summed E-state index contributed by atoms with van der Waals surface area (Å²) < 4.78 is 0. The molecule has 0 aliphatic carbocycles. The number of hydrogen-bond donors (Lipinski definition) is 2. The van der Waals surface area contributed by atoms with E-state index in [1.807, 2.05) is 18.2 Å². The monoisotopic (exact) mass is 257 g/mol.